The van der Waals surface area contributed by atoms with E-state index in [0.29, 0.717) is 0 Å². The molecule has 1 aliphatic heterocycles. The number of guanidine groups is 1. The molecular weight excluding hydrogens is 389 g/mol. The second-order valence-electron chi connectivity index (χ2n) is 5.42. The Hall–Kier alpha value is -1.57. The van der Waals surface area contributed by atoms with Crippen molar-refractivity contribution >= 4 is 46.7 Å². The number of rotatable bonds is 3. The average molecular weight is 411 g/mol. The van der Waals surface area contributed by atoms with Crippen molar-refractivity contribution < 1.29 is 0 Å². The van der Waals surface area contributed by atoms with Crippen molar-refractivity contribution in [2.75, 3.05) is 32.1 Å². The summed E-state index contributed by atoms with van der Waals surface area (Å²) < 4.78 is 0. The van der Waals surface area contributed by atoms with Crippen LogP contribution in [0.5, 0.6) is 0 Å². The molecule has 6 heteroatoms. The number of anilines is 1. The van der Waals surface area contributed by atoms with Crippen molar-refractivity contribution in [2.45, 2.75) is 13.0 Å². The Morgan fingerprint density at radius 2 is 2.09 bits per heavy atom. The minimum atomic E-state index is 0. The normalized spacial score (nSPS) is 13.8. The predicted molar refractivity (Wildman–Crippen MR) is 103 cm³/mol. The van der Waals surface area contributed by atoms with E-state index in [1.54, 1.807) is 0 Å². The molecule has 2 heterocycles. The first-order chi connectivity index (χ1) is 10.2. The van der Waals surface area contributed by atoms with Crippen LogP contribution in [0.2, 0.25) is 0 Å². The second-order valence-corrected chi connectivity index (χ2v) is 5.42. The minimum absolute atomic E-state index is 0. The summed E-state index contributed by atoms with van der Waals surface area (Å²) in [5, 5.41) is 7.86. The van der Waals surface area contributed by atoms with Crippen LogP contribution >= 0.6 is 24.0 Å². The Morgan fingerprint density at radius 1 is 1.27 bits per heavy atom. The van der Waals surface area contributed by atoms with Crippen molar-refractivity contribution in [2.24, 2.45) is 4.99 Å². The van der Waals surface area contributed by atoms with Gasteiger partial charge in [0.25, 0.3) is 0 Å². The molecule has 0 aliphatic carbocycles. The van der Waals surface area contributed by atoms with E-state index in [0.717, 1.165) is 43.3 Å². The Bertz CT molecular complexity index is 669. The highest BCUT2D eigenvalue weighted by molar-refractivity contribution is 14.0. The van der Waals surface area contributed by atoms with Gasteiger partial charge in [0.1, 0.15) is 5.82 Å². The number of nitrogens with one attached hydrogen (secondary N) is 2. The third-order valence-corrected chi connectivity index (χ3v) is 3.59. The lowest BCUT2D eigenvalue weighted by molar-refractivity contribution is 0.702. The van der Waals surface area contributed by atoms with Crippen LogP contribution in [-0.2, 0) is 6.54 Å². The lowest BCUT2D eigenvalue weighted by Gasteiger charge is -2.18. The van der Waals surface area contributed by atoms with Gasteiger partial charge in [0, 0.05) is 39.1 Å². The SMILES string of the molecule is CN(C)c1cc(CNC2=NCCCN2)c2ccccc2n1.I. The summed E-state index contributed by atoms with van der Waals surface area (Å²) >= 11 is 0. The fourth-order valence-electron chi connectivity index (χ4n) is 2.44. The van der Waals surface area contributed by atoms with Gasteiger partial charge in [-0.2, -0.15) is 0 Å². The van der Waals surface area contributed by atoms with Crippen molar-refractivity contribution in [3.8, 4) is 0 Å². The molecule has 2 N–H and O–H groups in total. The monoisotopic (exact) mass is 411 g/mol. The van der Waals surface area contributed by atoms with E-state index in [2.05, 4.69) is 44.9 Å². The number of nitrogens with zero attached hydrogens (tertiary/aromatic N) is 3. The molecule has 3 rings (SSSR count). The second kappa shape index (κ2) is 7.62. The molecule has 0 amide bonds. The van der Waals surface area contributed by atoms with Crippen molar-refractivity contribution in [3.05, 3.63) is 35.9 Å². The van der Waals surface area contributed by atoms with E-state index in [4.69, 9.17) is 0 Å². The number of benzene rings is 1. The number of pyridine rings is 1. The average Bonchev–Trinajstić information content (AvgIpc) is 2.53. The lowest BCUT2D eigenvalue weighted by Crippen LogP contribution is -2.40. The number of aromatic nitrogens is 1. The van der Waals surface area contributed by atoms with Gasteiger partial charge >= 0.3 is 0 Å². The third kappa shape index (κ3) is 3.79. The first-order valence-corrected chi connectivity index (χ1v) is 7.32. The van der Waals surface area contributed by atoms with E-state index in [1.165, 1.54) is 10.9 Å². The number of aliphatic imine (C=N–C) groups is 1. The van der Waals surface area contributed by atoms with E-state index in [-0.39, 0.29) is 24.0 Å². The molecule has 0 bridgehead atoms. The van der Waals surface area contributed by atoms with Crippen LogP contribution in [0.4, 0.5) is 5.82 Å². The van der Waals surface area contributed by atoms with Crippen molar-refractivity contribution in [1.29, 1.82) is 0 Å². The van der Waals surface area contributed by atoms with E-state index in [9.17, 15) is 0 Å². The Morgan fingerprint density at radius 3 is 2.82 bits per heavy atom. The molecule has 0 radical (unpaired) electrons. The Balaban J connectivity index is 0.00000176. The smallest absolute Gasteiger partial charge is 0.191 e. The van der Waals surface area contributed by atoms with Gasteiger partial charge in [0.05, 0.1) is 5.52 Å². The van der Waals surface area contributed by atoms with Crippen LogP contribution in [0.1, 0.15) is 12.0 Å². The molecule has 1 aromatic heterocycles. The number of halogens is 1. The van der Waals surface area contributed by atoms with Crippen LogP contribution < -0.4 is 15.5 Å². The lowest BCUT2D eigenvalue weighted by atomic mass is 10.1. The molecular formula is C16H22IN5. The molecule has 0 saturated carbocycles. The maximum absolute atomic E-state index is 4.68. The maximum atomic E-state index is 4.68. The Labute approximate surface area is 148 Å². The highest BCUT2D eigenvalue weighted by atomic mass is 127. The molecule has 0 atom stereocenters. The van der Waals surface area contributed by atoms with Crippen LogP contribution in [0.15, 0.2) is 35.3 Å². The third-order valence-electron chi connectivity index (χ3n) is 3.59. The molecule has 2 aromatic rings. The summed E-state index contributed by atoms with van der Waals surface area (Å²) in [5.41, 5.74) is 2.26. The summed E-state index contributed by atoms with van der Waals surface area (Å²) in [4.78, 5) is 11.2. The standard InChI is InChI=1S/C16H21N5.HI/c1-21(2)15-10-12(11-19-16-17-8-5-9-18-16)13-6-3-4-7-14(13)20-15;/h3-4,6-7,10H,5,8-9,11H2,1-2H3,(H2,17,18,19);1H. The van der Waals surface area contributed by atoms with Crippen LogP contribution in [0, 0.1) is 0 Å². The van der Waals surface area contributed by atoms with Gasteiger partial charge in [0.15, 0.2) is 5.96 Å². The number of fused-ring (bicyclic) bond motifs is 1. The van der Waals surface area contributed by atoms with Crippen LogP contribution in [-0.4, -0.2) is 38.1 Å². The van der Waals surface area contributed by atoms with Gasteiger partial charge in [-0.15, -0.1) is 24.0 Å². The zero-order valence-electron chi connectivity index (χ0n) is 13.0. The fraction of sp³-hybridized carbons (Fsp3) is 0.375. The number of para-hydroxylation sites is 1. The molecule has 0 spiro atoms. The van der Waals surface area contributed by atoms with Crippen molar-refractivity contribution in [3.63, 3.8) is 0 Å². The van der Waals surface area contributed by atoms with Gasteiger partial charge in [-0.25, -0.2) is 4.98 Å². The van der Waals surface area contributed by atoms with E-state index in [1.807, 2.05) is 25.1 Å². The predicted octanol–water partition coefficient (Wildman–Crippen LogP) is 2.36. The molecule has 0 fully saturated rings. The summed E-state index contributed by atoms with van der Waals surface area (Å²) in [7, 11) is 4.03. The number of hydrogen-bond acceptors (Lipinski definition) is 5. The molecule has 1 aromatic carbocycles. The molecule has 1 aliphatic rings. The summed E-state index contributed by atoms with van der Waals surface area (Å²) in [6.07, 6.45) is 1.11. The van der Waals surface area contributed by atoms with Gasteiger partial charge in [-0.1, -0.05) is 18.2 Å². The minimum Gasteiger partial charge on any atom is -0.363 e. The zero-order valence-corrected chi connectivity index (χ0v) is 15.3. The molecule has 0 unspecified atom stereocenters. The van der Waals surface area contributed by atoms with E-state index < -0.39 is 0 Å². The highest BCUT2D eigenvalue weighted by Gasteiger charge is 2.08. The summed E-state index contributed by atoms with van der Waals surface area (Å²) in [6, 6.07) is 10.4. The van der Waals surface area contributed by atoms with Gasteiger partial charge in [-0.3, -0.25) is 4.99 Å². The van der Waals surface area contributed by atoms with Crippen LogP contribution in [0.25, 0.3) is 10.9 Å². The summed E-state index contributed by atoms with van der Waals surface area (Å²) in [6.45, 7) is 2.64. The number of hydrogen-bond donors (Lipinski definition) is 2. The maximum Gasteiger partial charge on any atom is 0.191 e. The molecule has 0 saturated heterocycles. The van der Waals surface area contributed by atoms with E-state index >= 15 is 0 Å². The van der Waals surface area contributed by atoms with Gasteiger partial charge in [-0.05, 0) is 24.1 Å². The molecule has 22 heavy (non-hydrogen) atoms. The quantitative estimate of drug-likeness (QED) is 0.762. The molecule has 5 nitrogen and oxygen atoms in total. The van der Waals surface area contributed by atoms with Crippen molar-refractivity contribution in [1.82, 2.24) is 15.6 Å². The first-order valence-electron chi connectivity index (χ1n) is 7.32. The Kier molecular flexibility index (Phi) is 5.82. The zero-order chi connectivity index (χ0) is 14.7. The van der Waals surface area contributed by atoms with Gasteiger partial charge < -0.3 is 15.5 Å². The largest absolute Gasteiger partial charge is 0.363 e. The first kappa shape index (κ1) is 16.8. The van der Waals surface area contributed by atoms with Crippen LogP contribution in [0.3, 0.4) is 0 Å². The molecule has 118 valence electrons. The van der Waals surface area contributed by atoms with Gasteiger partial charge in [0.2, 0.25) is 0 Å². The highest BCUT2D eigenvalue weighted by Crippen LogP contribution is 2.21. The fourth-order valence-corrected chi connectivity index (χ4v) is 2.44. The summed E-state index contributed by atoms with van der Waals surface area (Å²) in [5.74, 6) is 1.87. The topological polar surface area (TPSA) is 52.5 Å².